The molecule has 5 rings (SSSR count). The molecule has 2 aromatic heterocycles. The number of hydrazine groups is 1. The molecule has 1 fully saturated rings. The van der Waals surface area contributed by atoms with E-state index in [4.69, 9.17) is 23.8 Å². The zero-order chi connectivity index (χ0) is 25.9. The summed E-state index contributed by atoms with van der Waals surface area (Å²) in [6.45, 7) is 0.611. The van der Waals surface area contributed by atoms with Gasteiger partial charge in [-0.3, -0.25) is 25.4 Å². The number of rotatable bonds is 5. The minimum Gasteiger partial charge on any atom is -0.350 e. The molecule has 1 aliphatic carbocycles. The van der Waals surface area contributed by atoms with Crippen LogP contribution in [0.1, 0.15) is 45.2 Å². The molecule has 1 saturated heterocycles. The Kier molecular flexibility index (Phi) is 7.20. The lowest BCUT2D eigenvalue weighted by atomic mass is 9.96. The standard InChI is InChI=1S/C26H26ClN7O2S/c1-34-12-10-21(25(34)36)30-24(35)16-13-19(27)23(29-14-16)32-33-26(37)31-22-17-6-3-2-5-15(17)8-9-20-18(22)7-4-11-28-20/h2-7,11,13-14,21-22H,8-10,12H2,1H3,(H,29,32)(H,30,35)(H2,31,33,37). The molecule has 2 amide bonds. The van der Waals surface area contributed by atoms with E-state index in [9.17, 15) is 9.59 Å². The van der Waals surface area contributed by atoms with E-state index in [1.165, 1.54) is 17.8 Å². The molecule has 0 spiro atoms. The van der Waals surface area contributed by atoms with Gasteiger partial charge >= 0.3 is 0 Å². The summed E-state index contributed by atoms with van der Waals surface area (Å²) in [5.41, 5.74) is 10.6. The average Bonchev–Trinajstić information content (AvgIpc) is 3.13. The van der Waals surface area contributed by atoms with Gasteiger partial charge in [0.1, 0.15) is 6.04 Å². The molecule has 190 valence electrons. The van der Waals surface area contributed by atoms with Gasteiger partial charge in [-0.1, -0.05) is 41.9 Å². The van der Waals surface area contributed by atoms with Crippen LogP contribution in [-0.2, 0) is 17.6 Å². The number of nitrogens with one attached hydrogen (secondary N) is 4. The van der Waals surface area contributed by atoms with Gasteiger partial charge in [-0.2, -0.15) is 0 Å². The van der Waals surface area contributed by atoms with E-state index >= 15 is 0 Å². The molecule has 2 aliphatic rings. The highest BCUT2D eigenvalue weighted by Gasteiger charge is 2.30. The summed E-state index contributed by atoms with van der Waals surface area (Å²) >= 11 is 12.0. The second-order valence-corrected chi connectivity index (χ2v) is 9.84. The van der Waals surface area contributed by atoms with Gasteiger partial charge in [0, 0.05) is 37.2 Å². The molecule has 3 heterocycles. The van der Waals surface area contributed by atoms with Gasteiger partial charge in [0.15, 0.2) is 10.9 Å². The van der Waals surface area contributed by atoms with Crippen LogP contribution in [0.15, 0.2) is 54.9 Å². The lowest BCUT2D eigenvalue weighted by Crippen LogP contribution is -2.41. The minimum atomic E-state index is -0.534. The van der Waals surface area contributed by atoms with Crippen LogP contribution in [0.3, 0.4) is 0 Å². The highest BCUT2D eigenvalue weighted by atomic mass is 35.5. The monoisotopic (exact) mass is 535 g/mol. The Hall–Kier alpha value is -3.76. The largest absolute Gasteiger partial charge is 0.350 e. The van der Waals surface area contributed by atoms with Crippen LogP contribution < -0.4 is 21.5 Å². The summed E-state index contributed by atoms with van der Waals surface area (Å²) in [6, 6.07) is 13.1. The summed E-state index contributed by atoms with van der Waals surface area (Å²) in [6.07, 6.45) is 5.54. The Labute approximate surface area is 225 Å². The van der Waals surface area contributed by atoms with E-state index in [1.807, 2.05) is 24.4 Å². The predicted octanol–water partition coefficient (Wildman–Crippen LogP) is 2.77. The number of halogens is 1. The molecular formula is C26H26ClN7O2S. The molecule has 1 aliphatic heterocycles. The van der Waals surface area contributed by atoms with Gasteiger partial charge in [-0.25, -0.2) is 4.98 Å². The molecule has 0 saturated carbocycles. The van der Waals surface area contributed by atoms with Gasteiger partial charge in [0.25, 0.3) is 5.91 Å². The maximum atomic E-state index is 12.6. The van der Waals surface area contributed by atoms with Gasteiger partial charge in [0.2, 0.25) is 5.91 Å². The van der Waals surface area contributed by atoms with Crippen LogP contribution in [0.4, 0.5) is 5.82 Å². The number of aromatic nitrogens is 2. The van der Waals surface area contributed by atoms with E-state index in [-0.39, 0.29) is 22.5 Å². The third-order valence-corrected chi connectivity index (χ3v) is 7.15. The molecule has 11 heteroatoms. The van der Waals surface area contributed by atoms with Crippen molar-refractivity contribution < 1.29 is 9.59 Å². The summed E-state index contributed by atoms with van der Waals surface area (Å²) in [5, 5.41) is 6.70. The van der Waals surface area contributed by atoms with Crippen LogP contribution >= 0.6 is 23.8 Å². The molecule has 0 radical (unpaired) electrons. The summed E-state index contributed by atoms with van der Waals surface area (Å²) < 4.78 is 0. The number of nitrogens with zero attached hydrogens (tertiary/aromatic N) is 3. The van der Waals surface area contributed by atoms with Crippen molar-refractivity contribution in [3.05, 3.63) is 87.8 Å². The number of fused-ring (bicyclic) bond motifs is 2. The Balaban J connectivity index is 1.24. The number of hydrogen-bond donors (Lipinski definition) is 4. The molecule has 2 atom stereocenters. The normalized spacial score (nSPS) is 18.3. The lowest BCUT2D eigenvalue weighted by Gasteiger charge is -2.23. The third kappa shape index (κ3) is 5.35. The fourth-order valence-electron chi connectivity index (χ4n) is 4.68. The van der Waals surface area contributed by atoms with Gasteiger partial charge in [-0.05, 0) is 54.7 Å². The molecule has 1 aromatic carbocycles. The molecule has 3 aromatic rings. The zero-order valence-corrected chi connectivity index (χ0v) is 21.7. The van der Waals surface area contributed by atoms with Crippen molar-refractivity contribution in [2.45, 2.75) is 31.3 Å². The molecular weight excluding hydrogens is 510 g/mol. The van der Waals surface area contributed by atoms with Crippen LogP contribution in [0.25, 0.3) is 0 Å². The first-order valence-corrected chi connectivity index (χ1v) is 12.7. The Morgan fingerprint density at radius 2 is 1.92 bits per heavy atom. The van der Waals surface area contributed by atoms with Crippen molar-refractivity contribution in [3.8, 4) is 0 Å². The maximum absolute atomic E-state index is 12.6. The van der Waals surface area contributed by atoms with E-state index in [0.717, 1.165) is 29.7 Å². The lowest BCUT2D eigenvalue weighted by molar-refractivity contribution is -0.128. The summed E-state index contributed by atoms with van der Waals surface area (Å²) in [4.78, 5) is 35.1. The van der Waals surface area contributed by atoms with Crippen molar-refractivity contribution >= 4 is 46.6 Å². The first kappa shape index (κ1) is 24.9. The Morgan fingerprint density at radius 3 is 2.70 bits per heavy atom. The molecule has 37 heavy (non-hydrogen) atoms. The smallest absolute Gasteiger partial charge is 0.253 e. The first-order valence-electron chi connectivity index (χ1n) is 12.0. The molecule has 4 N–H and O–H groups in total. The van der Waals surface area contributed by atoms with Crippen LogP contribution in [0, 0.1) is 0 Å². The number of aryl methyl sites for hydroxylation is 2. The number of hydrogen-bond acceptors (Lipinski definition) is 6. The maximum Gasteiger partial charge on any atom is 0.253 e. The number of thiocarbonyl (C=S) groups is 1. The number of anilines is 1. The number of carbonyl (C=O) groups is 2. The predicted molar refractivity (Wildman–Crippen MR) is 145 cm³/mol. The Morgan fingerprint density at radius 1 is 1.11 bits per heavy atom. The second-order valence-electron chi connectivity index (χ2n) is 9.02. The van der Waals surface area contributed by atoms with E-state index in [2.05, 4.69) is 49.7 Å². The van der Waals surface area contributed by atoms with Crippen molar-refractivity contribution in [1.29, 1.82) is 0 Å². The quantitative estimate of drug-likeness (QED) is 0.291. The topological polar surface area (TPSA) is 111 Å². The van der Waals surface area contributed by atoms with Crippen molar-refractivity contribution in [2.24, 2.45) is 0 Å². The van der Waals surface area contributed by atoms with Crippen molar-refractivity contribution in [2.75, 3.05) is 19.0 Å². The Bertz CT molecular complexity index is 1320. The van der Waals surface area contributed by atoms with Crippen molar-refractivity contribution in [3.63, 3.8) is 0 Å². The average molecular weight is 536 g/mol. The fraction of sp³-hybridized carbons (Fsp3) is 0.269. The van der Waals surface area contributed by atoms with Crippen LogP contribution in [0.2, 0.25) is 5.02 Å². The first-order chi connectivity index (χ1) is 17.9. The highest BCUT2D eigenvalue weighted by Crippen LogP contribution is 2.31. The van der Waals surface area contributed by atoms with Gasteiger partial charge in [0.05, 0.1) is 16.6 Å². The highest BCUT2D eigenvalue weighted by molar-refractivity contribution is 7.80. The second kappa shape index (κ2) is 10.7. The number of likely N-dealkylation sites (tertiary alicyclic amines) is 1. The number of likely N-dealkylation sites (N-methyl/N-ethyl adjacent to an activating group) is 1. The SMILES string of the molecule is CN1CCC(NC(=O)c2cnc(NNC(=S)NC3c4ccccc4CCc4ncccc43)c(Cl)c2)C1=O. The molecule has 0 bridgehead atoms. The van der Waals surface area contributed by atoms with E-state index in [1.54, 1.807) is 11.9 Å². The van der Waals surface area contributed by atoms with Crippen molar-refractivity contribution in [1.82, 2.24) is 30.9 Å². The van der Waals surface area contributed by atoms with Crippen LogP contribution in [-0.4, -0.2) is 51.4 Å². The number of pyridine rings is 2. The minimum absolute atomic E-state index is 0.106. The van der Waals surface area contributed by atoms with Crippen LogP contribution in [0.5, 0.6) is 0 Å². The summed E-state index contributed by atoms with van der Waals surface area (Å²) in [7, 11) is 1.71. The molecule has 9 nitrogen and oxygen atoms in total. The number of benzene rings is 1. The fourth-order valence-corrected chi connectivity index (χ4v) is 5.06. The summed E-state index contributed by atoms with van der Waals surface area (Å²) in [5.74, 6) is -0.202. The van der Waals surface area contributed by atoms with E-state index in [0.29, 0.717) is 23.9 Å². The molecule has 2 unspecified atom stereocenters. The third-order valence-electron chi connectivity index (χ3n) is 6.64. The van der Waals surface area contributed by atoms with E-state index < -0.39 is 11.9 Å². The number of amides is 2. The number of carbonyl (C=O) groups excluding carboxylic acids is 2. The zero-order valence-electron chi connectivity index (χ0n) is 20.1. The van der Waals surface area contributed by atoms with Gasteiger partial charge in [-0.15, -0.1) is 0 Å². The van der Waals surface area contributed by atoms with Gasteiger partial charge < -0.3 is 15.5 Å².